The lowest BCUT2D eigenvalue weighted by Gasteiger charge is -2.39. The van der Waals surface area contributed by atoms with Crippen molar-refractivity contribution in [3.05, 3.63) is 29.1 Å². The Morgan fingerprint density at radius 3 is 2.91 bits per heavy atom. The number of hydrogen-bond donors (Lipinski definition) is 0. The van der Waals surface area contributed by atoms with Crippen molar-refractivity contribution in [3.63, 3.8) is 0 Å². The molecule has 2 aliphatic heterocycles. The molecular formula is C17H24FNO3. The molecule has 1 saturated heterocycles. The molecule has 0 amide bonds. The van der Waals surface area contributed by atoms with Crippen LogP contribution in [0.15, 0.2) is 12.1 Å². The molecule has 1 atom stereocenters. The topological polar surface area (TPSA) is 30.9 Å². The van der Waals surface area contributed by atoms with Crippen molar-refractivity contribution in [3.8, 4) is 5.75 Å². The van der Waals surface area contributed by atoms with E-state index in [1.54, 1.807) is 6.07 Å². The zero-order chi connectivity index (χ0) is 15.7. The third-order valence-corrected chi connectivity index (χ3v) is 4.26. The summed E-state index contributed by atoms with van der Waals surface area (Å²) < 4.78 is 30.5. The van der Waals surface area contributed by atoms with Crippen LogP contribution in [0.3, 0.4) is 0 Å². The maximum Gasteiger partial charge on any atom is 0.189 e. The van der Waals surface area contributed by atoms with Crippen LogP contribution in [0.4, 0.5) is 4.39 Å². The van der Waals surface area contributed by atoms with Crippen LogP contribution in [-0.4, -0.2) is 37.5 Å². The standard InChI is InChI=1S/C17H24FNO3/c1-17(2,3)15-9-19(4-5-21-15)8-12-6-14(18)7-13-10-20-11-22-16(12)13/h6-7,15H,4-5,8-11H2,1-3H3. The second kappa shape index (κ2) is 6.14. The zero-order valence-electron chi connectivity index (χ0n) is 13.5. The third kappa shape index (κ3) is 3.42. The summed E-state index contributed by atoms with van der Waals surface area (Å²) in [5.41, 5.74) is 1.79. The number of ether oxygens (including phenoxy) is 3. The number of fused-ring (bicyclic) bond motifs is 1. The Morgan fingerprint density at radius 1 is 1.32 bits per heavy atom. The Labute approximate surface area is 131 Å². The van der Waals surface area contributed by atoms with Crippen LogP contribution in [0.5, 0.6) is 5.75 Å². The maximum absolute atomic E-state index is 13.8. The lowest BCUT2D eigenvalue weighted by molar-refractivity contribution is -0.0821. The molecule has 0 aliphatic carbocycles. The van der Waals surface area contributed by atoms with Crippen LogP contribution in [0.25, 0.3) is 0 Å². The Balaban J connectivity index is 1.77. The highest BCUT2D eigenvalue weighted by Gasteiger charge is 2.31. The van der Waals surface area contributed by atoms with Crippen LogP contribution in [0.1, 0.15) is 31.9 Å². The molecule has 0 spiro atoms. The van der Waals surface area contributed by atoms with Gasteiger partial charge in [-0.25, -0.2) is 4.39 Å². The van der Waals surface area contributed by atoms with E-state index in [9.17, 15) is 4.39 Å². The molecule has 1 aromatic rings. The van der Waals surface area contributed by atoms with E-state index in [0.717, 1.165) is 30.0 Å². The van der Waals surface area contributed by atoms with Crippen molar-refractivity contribution >= 4 is 0 Å². The minimum Gasteiger partial charge on any atom is -0.467 e. The van der Waals surface area contributed by atoms with Gasteiger partial charge in [0.05, 0.1) is 19.3 Å². The molecule has 3 rings (SSSR count). The van der Waals surface area contributed by atoms with Gasteiger partial charge in [-0.05, 0) is 17.5 Å². The average molecular weight is 309 g/mol. The monoisotopic (exact) mass is 309 g/mol. The van der Waals surface area contributed by atoms with E-state index < -0.39 is 0 Å². The summed E-state index contributed by atoms with van der Waals surface area (Å²) in [5.74, 6) is 0.551. The largest absolute Gasteiger partial charge is 0.467 e. The van der Waals surface area contributed by atoms with E-state index in [1.165, 1.54) is 6.07 Å². The van der Waals surface area contributed by atoms with E-state index in [2.05, 4.69) is 25.7 Å². The summed E-state index contributed by atoms with van der Waals surface area (Å²) in [6.45, 7) is 10.3. The molecule has 4 nitrogen and oxygen atoms in total. The lowest BCUT2D eigenvalue weighted by Crippen LogP contribution is -2.47. The molecule has 0 radical (unpaired) electrons. The minimum atomic E-state index is -0.233. The first-order chi connectivity index (χ1) is 10.4. The van der Waals surface area contributed by atoms with Gasteiger partial charge < -0.3 is 14.2 Å². The third-order valence-electron chi connectivity index (χ3n) is 4.26. The molecule has 22 heavy (non-hydrogen) atoms. The number of nitrogens with zero attached hydrogens (tertiary/aromatic N) is 1. The molecule has 0 aromatic heterocycles. The summed E-state index contributed by atoms with van der Waals surface area (Å²) in [6.07, 6.45) is 0.190. The van der Waals surface area contributed by atoms with Crippen molar-refractivity contribution in [2.45, 2.75) is 40.0 Å². The van der Waals surface area contributed by atoms with Gasteiger partial charge in [-0.15, -0.1) is 0 Å². The van der Waals surface area contributed by atoms with E-state index in [-0.39, 0.29) is 24.1 Å². The van der Waals surface area contributed by atoms with Gasteiger partial charge in [0.2, 0.25) is 0 Å². The second-order valence-corrected chi connectivity index (χ2v) is 7.12. The average Bonchev–Trinajstić information content (AvgIpc) is 2.46. The van der Waals surface area contributed by atoms with Gasteiger partial charge in [0, 0.05) is 30.8 Å². The Bertz CT molecular complexity index is 541. The minimum absolute atomic E-state index is 0.102. The van der Waals surface area contributed by atoms with Gasteiger partial charge in [-0.3, -0.25) is 4.90 Å². The highest BCUT2D eigenvalue weighted by Crippen LogP contribution is 2.32. The first-order valence-corrected chi connectivity index (χ1v) is 7.79. The normalized spacial score (nSPS) is 23.0. The Morgan fingerprint density at radius 2 is 2.14 bits per heavy atom. The fourth-order valence-electron chi connectivity index (χ4n) is 2.99. The lowest BCUT2D eigenvalue weighted by atomic mass is 9.88. The van der Waals surface area contributed by atoms with Crippen molar-refractivity contribution in [1.82, 2.24) is 4.90 Å². The molecular weight excluding hydrogens is 285 g/mol. The first kappa shape index (κ1) is 15.7. The van der Waals surface area contributed by atoms with E-state index in [1.807, 2.05) is 0 Å². The van der Waals surface area contributed by atoms with Crippen LogP contribution < -0.4 is 4.74 Å². The molecule has 1 fully saturated rings. The number of halogens is 1. The molecule has 1 aromatic carbocycles. The van der Waals surface area contributed by atoms with Crippen molar-refractivity contribution in [2.75, 3.05) is 26.5 Å². The summed E-state index contributed by atoms with van der Waals surface area (Å²) in [7, 11) is 0. The van der Waals surface area contributed by atoms with Crippen LogP contribution >= 0.6 is 0 Å². The fourth-order valence-corrected chi connectivity index (χ4v) is 2.99. The number of rotatable bonds is 2. The zero-order valence-corrected chi connectivity index (χ0v) is 13.5. The summed E-state index contributed by atoms with van der Waals surface area (Å²) in [5, 5.41) is 0. The van der Waals surface area contributed by atoms with E-state index >= 15 is 0 Å². The molecule has 122 valence electrons. The van der Waals surface area contributed by atoms with E-state index in [0.29, 0.717) is 19.8 Å². The van der Waals surface area contributed by atoms with Crippen molar-refractivity contribution in [1.29, 1.82) is 0 Å². The van der Waals surface area contributed by atoms with Crippen LogP contribution in [0, 0.1) is 11.2 Å². The van der Waals surface area contributed by atoms with Gasteiger partial charge in [-0.2, -0.15) is 0 Å². The summed E-state index contributed by atoms with van der Waals surface area (Å²) in [4.78, 5) is 2.31. The van der Waals surface area contributed by atoms with Crippen molar-refractivity contribution in [2.24, 2.45) is 5.41 Å². The van der Waals surface area contributed by atoms with Crippen molar-refractivity contribution < 1.29 is 18.6 Å². The highest BCUT2D eigenvalue weighted by atomic mass is 19.1. The highest BCUT2D eigenvalue weighted by molar-refractivity contribution is 5.42. The van der Waals surface area contributed by atoms with Crippen LogP contribution in [0.2, 0.25) is 0 Å². The van der Waals surface area contributed by atoms with Gasteiger partial charge in [0.25, 0.3) is 0 Å². The Hall–Kier alpha value is -1.17. The van der Waals surface area contributed by atoms with Gasteiger partial charge in [-0.1, -0.05) is 20.8 Å². The molecule has 1 unspecified atom stereocenters. The van der Waals surface area contributed by atoms with Gasteiger partial charge >= 0.3 is 0 Å². The van der Waals surface area contributed by atoms with E-state index in [4.69, 9.17) is 14.2 Å². The number of hydrogen-bond acceptors (Lipinski definition) is 4. The molecule has 0 bridgehead atoms. The predicted octanol–water partition coefficient (Wildman–Crippen LogP) is 2.94. The fraction of sp³-hybridized carbons (Fsp3) is 0.647. The smallest absolute Gasteiger partial charge is 0.189 e. The van der Waals surface area contributed by atoms with Crippen LogP contribution in [-0.2, 0) is 22.6 Å². The molecule has 2 aliphatic rings. The number of morpholine rings is 1. The second-order valence-electron chi connectivity index (χ2n) is 7.12. The maximum atomic E-state index is 13.8. The summed E-state index contributed by atoms with van der Waals surface area (Å²) >= 11 is 0. The first-order valence-electron chi connectivity index (χ1n) is 7.79. The predicted molar refractivity (Wildman–Crippen MR) is 81.2 cm³/mol. The molecule has 5 heteroatoms. The SMILES string of the molecule is CC(C)(C)C1CN(Cc2cc(F)cc3c2OCOC3)CCO1. The molecule has 0 saturated carbocycles. The quantitative estimate of drug-likeness (QED) is 0.840. The van der Waals surface area contributed by atoms with Gasteiger partial charge in [0.15, 0.2) is 6.79 Å². The number of benzene rings is 1. The Kier molecular flexibility index (Phi) is 4.39. The van der Waals surface area contributed by atoms with Gasteiger partial charge in [0.1, 0.15) is 11.6 Å². The summed E-state index contributed by atoms with van der Waals surface area (Å²) in [6, 6.07) is 3.07. The molecule has 2 heterocycles. The molecule has 0 N–H and O–H groups in total.